The van der Waals surface area contributed by atoms with Gasteiger partial charge in [-0.25, -0.2) is 13.8 Å². The zero-order valence-electron chi connectivity index (χ0n) is 18.0. The van der Waals surface area contributed by atoms with E-state index in [4.69, 9.17) is 9.41 Å². The molecular weight excluding hydrogens is 448 g/mol. The van der Waals surface area contributed by atoms with Crippen LogP contribution < -0.4 is 5.32 Å². The molecule has 0 saturated carbocycles. The number of aryl methyl sites for hydroxylation is 1. The maximum absolute atomic E-state index is 13.9. The Balaban J connectivity index is 1.56. The van der Waals surface area contributed by atoms with E-state index in [0.717, 1.165) is 28.9 Å². The second-order valence-corrected chi connectivity index (χ2v) is 8.77. The minimum atomic E-state index is -0.884. The molecule has 0 spiro atoms. The normalized spacial score (nSPS) is 17.1. The third-order valence-corrected chi connectivity index (χ3v) is 6.46. The number of hydrogen-bond donors (Lipinski definition) is 1. The maximum atomic E-state index is 13.9. The molecule has 2 aromatic carbocycles. The molecule has 1 aromatic heterocycles. The van der Waals surface area contributed by atoms with E-state index in [-0.39, 0.29) is 24.6 Å². The number of furan rings is 1. The highest BCUT2D eigenvalue weighted by Gasteiger charge is 2.39. The van der Waals surface area contributed by atoms with Crippen molar-refractivity contribution in [2.45, 2.75) is 32.1 Å². The van der Waals surface area contributed by atoms with Crippen molar-refractivity contribution >= 4 is 40.1 Å². The van der Waals surface area contributed by atoms with Crippen LogP contribution in [0.4, 0.5) is 20.2 Å². The molecule has 170 valence electrons. The highest BCUT2D eigenvalue weighted by molar-refractivity contribution is 8.15. The summed E-state index contributed by atoms with van der Waals surface area (Å²) >= 11 is 1.17. The third kappa shape index (κ3) is 5.14. The van der Waals surface area contributed by atoms with Gasteiger partial charge in [0.1, 0.15) is 22.6 Å². The standard InChI is InChI=1S/C24H21F2N3O3S/c1-14-5-3-7-19(15(14)2)28-24-29(13-17-6-4-10-32-17)23(31)21(33-24)12-22(30)27-20-9-8-16(25)11-18(20)26/h3-11,21H,12-13H2,1-2H3,(H,27,30). The van der Waals surface area contributed by atoms with Crippen LogP contribution in [0.3, 0.4) is 0 Å². The Bertz CT molecular complexity index is 1230. The van der Waals surface area contributed by atoms with Crippen molar-refractivity contribution in [2.24, 2.45) is 4.99 Å². The van der Waals surface area contributed by atoms with Gasteiger partial charge in [0.15, 0.2) is 5.17 Å². The molecule has 2 amide bonds. The van der Waals surface area contributed by atoms with Gasteiger partial charge < -0.3 is 9.73 Å². The number of thioether (sulfide) groups is 1. The number of amides is 2. The summed E-state index contributed by atoms with van der Waals surface area (Å²) in [6.07, 6.45) is 1.33. The fourth-order valence-electron chi connectivity index (χ4n) is 3.35. The number of carbonyl (C=O) groups excluding carboxylic acids is 2. The first-order valence-corrected chi connectivity index (χ1v) is 11.1. The number of nitrogens with one attached hydrogen (secondary N) is 1. The first kappa shape index (κ1) is 22.7. The van der Waals surface area contributed by atoms with E-state index in [2.05, 4.69) is 5.32 Å². The molecule has 4 rings (SSSR count). The summed E-state index contributed by atoms with van der Waals surface area (Å²) < 4.78 is 32.4. The molecule has 1 N–H and O–H groups in total. The molecule has 2 heterocycles. The minimum Gasteiger partial charge on any atom is -0.467 e. The van der Waals surface area contributed by atoms with Crippen molar-refractivity contribution in [2.75, 3.05) is 5.32 Å². The summed E-state index contributed by atoms with van der Waals surface area (Å²) in [6.45, 7) is 4.11. The molecule has 0 aliphatic carbocycles. The van der Waals surface area contributed by atoms with E-state index in [1.807, 2.05) is 32.0 Å². The lowest BCUT2D eigenvalue weighted by Gasteiger charge is -2.15. The highest BCUT2D eigenvalue weighted by Crippen LogP contribution is 2.34. The van der Waals surface area contributed by atoms with E-state index in [1.165, 1.54) is 22.9 Å². The molecule has 3 aromatic rings. The second kappa shape index (κ2) is 9.58. The predicted molar refractivity (Wildman–Crippen MR) is 123 cm³/mol. The lowest BCUT2D eigenvalue weighted by Crippen LogP contribution is -2.33. The first-order valence-electron chi connectivity index (χ1n) is 10.2. The van der Waals surface area contributed by atoms with Crippen LogP contribution in [0.1, 0.15) is 23.3 Å². The van der Waals surface area contributed by atoms with E-state index >= 15 is 0 Å². The van der Waals surface area contributed by atoms with Crippen molar-refractivity contribution < 1.29 is 22.8 Å². The third-order valence-electron chi connectivity index (χ3n) is 5.28. The summed E-state index contributed by atoms with van der Waals surface area (Å²) in [7, 11) is 0. The van der Waals surface area contributed by atoms with Crippen molar-refractivity contribution in [3.63, 3.8) is 0 Å². The fourth-order valence-corrected chi connectivity index (χ4v) is 4.50. The molecular formula is C24H21F2N3O3S. The Morgan fingerprint density at radius 2 is 2.00 bits per heavy atom. The van der Waals surface area contributed by atoms with Crippen LogP contribution in [0.2, 0.25) is 0 Å². The molecule has 1 aliphatic rings. The number of rotatable bonds is 6. The Labute approximate surface area is 193 Å². The number of carbonyl (C=O) groups is 2. The topological polar surface area (TPSA) is 74.9 Å². The van der Waals surface area contributed by atoms with Gasteiger partial charge in [0.2, 0.25) is 11.8 Å². The SMILES string of the molecule is Cc1cccc(N=C2SC(CC(=O)Nc3ccc(F)cc3F)C(=O)N2Cc2ccco2)c1C. The number of hydrogen-bond acceptors (Lipinski definition) is 5. The summed E-state index contributed by atoms with van der Waals surface area (Å²) in [6, 6.07) is 12.1. The second-order valence-electron chi connectivity index (χ2n) is 7.60. The average molecular weight is 470 g/mol. The summed E-state index contributed by atoms with van der Waals surface area (Å²) in [5, 5.41) is 2.11. The quantitative estimate of drug-likeness (QED) is 0.529. The maximum Gasteiger partial charge on any atom is 0.243 e. The number of anilines is 1. The average Bonchev–Trinajstić information content (AvgIpc) is 3.38. The van der Waals surface area contributed by atoms with Gasteiger partial charge in [-0.15, -0.1) is 0 Å². The van der Waals surface area contributed by atoms with E-state index in [0.29, 0.717) is 17.0 Å². The molecule has 1 atom stereocenters. The van der Waals surface area contributed by atoms with Crippen LogP contribution in [-0.4, -0.2) is 27.1 Å². The zero-order valence-corrected chi connectivity index (χ0v) is 18.8. The minimum absolute atomic E-state index is 0.145. The zero-order chi connectivity index (χ0) is 23.5. The van der Waals surface area contributed by atoms with E-state index < -0.39 is 22.8 Å². The van der Waals surface area contributed by atoms with Crippen LogP contribution in [0.5, 0.6) is 0 Å². The lowest BCUT2D eigenvalue weighted by molar-refractivity contribution is -0.128. The van der Waals surface area contributed by atoms with Crippen LogP contribution in [-0.2, 0) is 16.1 Å². The highest BCUT2D eigenvalue weighted by atomic mass is 32.2. The Morgan fingerprint density at radius 1 is 1.18 bits per heavy atom. The van der Waals surface area contributed by atoms with Crippen LogP contribution in [0, 0.1) is 25.5 Å². The van der Waals surface area contributed by atoms with Gasteiger partial charge in [-0.3, -0.25) is 14.5 Å². The number of halogens is 2. The molecule has 33 heavy (non-hydrogen) atoms. The number of benzene rings is 2. The van der Waals surface area contributed by atoms with Gasteiger partial charge >= 0.3 is 0 Å². The van der Waals surface area contributed by atoms with Gasteiger partial charge in [0.05, 0.1) is 24.2 Å². The molecule has 1 saturated heterocycles. The molecule has 0 bridgehead atoms. The fraction of sp³-hybridized carbons (Fsp3) is 0.208. The van der Waals surface area contributed by atoms with Gasteiger partial charge in [-0.2, -0.15) is 0 Å². The summed E-state index contributed by atoms with van der Waals surface area (Å²) in [5.74, 6) is -1.90. The van der Waals surface area contributed by atoms with Gasteiger partial charge in [-0.05, 0) is 55.3 Å². The molecule has 1 fully saturated rings. The molecule has 1 unspecified atom stereocenters. The summed E-state index contributed by atoms with van der Waals surface area (Å²) in [5.41, 5.74) is 2.65. The number of amidine groups is 1. The van der Waals surface area contributed by atoms with E-state index in [9.17, 15) is 18.4 Å². The molecule has 1 aliphatic heterocycles. The van der Waals surface area contributed by atoms with Crippen LogP contribution in [0.25, 0.3) is 0 Å². The molecule has 6 nitrogen and oxygen atoms in total. The Hall–Kier alpha value is -3.46. The van der Waals surface area contributed by atoms with Gasteiger partial charge in [0.25, 0.3) is 0 Å². The van der Waals surface area contributed by atoms with Crippen LogP contribution in [0.15, 0.2) is 64.2 Å². The smallest absolute Gasteiger partial charge is 0.243 e. The monoisotopic (exact) mass is 469 g/mol. The van der Waals surface area contributed by atoms with Crippen molar-refractivity contribution in [3.05, 3.63) is 83.3 Å². The molecule has 9 heteroatoms. The number of aliphatic imine (C=N–C) groups is 1. The van der Waals surface area contributed by atoms with Crippen molar-refractivity contribution in [1.82, 2.24) is 4.90 Å². The van der Waals surface area contributed by atoms with Crippen LogP contribution >= 0.6 is 11.8 Å². The Morgan fingerprint density at radius 3 is 2.73 bits per heavy atom. The van der Waals surface area contributed by atoms with Gasteiger partial charge in [0, 0.05) is 12.5 Å². The van der Waals surface area contributed by atoms with Crippen molar-refractivity contribution in [3.8, 4) is 0 Å². The first-order chi connectivity index (χ1) is 15.8. The number of nitrogens with zero attached hydrogens (tertiary/aromatic N) is 2. The predicted octanol–water partition coefficient (Wildman–Crippen LogP) is 5.34. The lowest BCUT2D eigenvalue weighted by atomic mass is 10.1. The van der Waals surface area contributed by atoms with Crippen molar-refractivity contribution in [1.29, 1.82) is 0 Å². The van der Waals surface area contributed by atoms with E-state index in [1.54, 1.807) is 12.1 Å². The molecule has 0 radical (unpaired) electrons. The largest absolute Gasteiger partial charge is 0.467 e. The Kier molecular flexibility index (Phi) is 6.60. The van der Waals surface area contributed by atoms with Gasteiger partial charge in [-0.1, -0.05) is 23.9 Å². The summed E-state index contributed by atoms with van der Waals surface area (Å²) in [4.78, 5) is 31.9.